The van der Waals surface area contributed by atoms with Crippen LogP contribution in [0.2, 0.25) is 5.02 Å². The van der Waals surface area contributed by atoms with Gasteiger partial charge < -0.3 is 28.4 Å². The van der Waals surface area contributed by atoms with Gasteiger partial charge in [0.15, 0.2) is 6.29 Å². The third kappa shape index (κ3) is 9.03. The van der Waals surface area contributed by atoms with Gasteiger partial charge in [-0.05, 0) is 51.3 Å². The Morgan fingerprint density at radius 3 is 2.02 bits per heavy atom. The molecule has 1 aliphatic heterocycles. The second-order valence-electron chi connectivity index (χ2n) is 10.00. The summed E-state index contributed by atoms with van der Waals surface area (Å²) in [7, 11) is 1.60. The van der Waals surface area contributed by atoms with E-state index >= 15 is 0 Å². The molecule has 4 aromatic rings. The summed E-state index contributed by atoms with van der Waals surface area (Å²) < 4.78 is 39.0. The Balaban J connectivity index is 1.39. The molecule has 8 heteroatoms. The Hall–Kier alpha value is -2.95. The number of rotatable bonds is 14. The van der Waals surface area contributed by atoms with Crippen LogP contribution in [0.15, 0.2) is 89.4 Å². The zero-order valence-electron chi connectivity index (χ0n) is 23.7. The quantitative estimate of drug-likeness (QED) is 0.146. The fourth-order valence-electron chi connectivity index (χ4n) is 4.76. The summed E-state index contributed by atoms with van der Waals surface area (Å²) in [6.07, 6.45) is -2.96. The van der Waals surface area contributed by atoms with Crippen LogP contribution in [0.3, 0.4) is 0 Å². The zero-order chi connectivity index (χ0) is 29.9. The summed E-state index contributed by atoms with van der Waals surface area (Å²) in [4.78, 5) is 0. The number of halogens is 2. The van der Waals surface area contributed by atoms with Gasteiger partial charge in [0.1, 0.15) is 24.4 Å². The lowest BCUT2D eigenvalue weighted by molar-refractivity contribution is -0.323. The highest BCUT2D eigenvalue weighted by molar-refractivity contribution is 9.10. The predicted molar refractivity (Wildman–Crippen MR) is 165 cm³/mol. The van der Waals surface area contributed by atoms with E-state index in [4.69, 9.17) is 40.0 Å². The number of ether oxygens (including phenoxy) is 6. The van der Waals surface area contributed by atoms with E-state index in [2.05, 4.69) is 40.2 Å². The van der Waals surface area contributed by atoms with Crippen molar-refractivity contribution < 1.29 is 28.4 Å². The maximum atomic E-state index is 6.62. The first-order valence-electron chi connectivity index (χ1n) is 13.9. The Kier molecular flexibility index (Phi) is 11.9. The van der Waals surface area contributed by atoms with Crippen LogP contribution >= 0.6 is 27.5 Å². The highest BCUT2D eigenvalue weighted by atomic mass is 79.9. The minimum absolute atomic E-state index is 0.225. The maximum Gasteiger partial charge on any atom is 0.186 e. The van der Waals surface area contributed by atoms with Crippen molar-refractivity contribution in [3.63, 3.8) is 0 Å². The Morgan fingerprint density at radius 2 is 1.40 bits per heavy atom. The number of hydrogen-bond acceptors (Lipinski definition) is 6. The number of benzene rings is 2. The molecule has 0 amide bonds. The smallest absolute Gasteiger partial charge is 0.186 e. The average Bonchev–Trinajstić information content (AvgIpc) is 3.04. The van der Waals surface area contributed by atoms with Crippen LogP contribution in [0.25, 0.3) is 0 Å². The summed E-state index contributed by atoms with van der Waals surface area (Å²) in [5.41, 5.74) is 3.80. The third-order valence-corrected chi connectivity index (χ3v) is 7.93. The zero-order valence-corrected chi connectivity index (χ0v) is 26.1. The molecule has 1 aliphatic rings. The van der Waals surface area contributed by atoms with Crippen LogP contribution in [-0.2, 0) is 54.8 Å². The molecule has 5 atom stereocenters. The van der Waals surface area contributed by atoms with Gasteiger partial charge >= 0.3 is 0 Å². The summed E-state index contributed by atoms with van der Waals surface area (Å²) in [5.74, 6) is 0. The average molecular weight is 664 g/mol. The molecule has 1 fully saturated rings. The van der Waals surface area contributed by atoms with Gasteiger partial charge in [-0.25, -0.2) is 0 Å². The van der Waals surface area contributed by atoms with Crippen molar-refractivity contribution in [2.45, 2.75) is 57.1 Å². The van der Waals surface area contributed by atoms with Crippen molar-refractivity contribution in [3.8, 4) is 0 Å². The Bertz CT molecular complexity index is 1370. The van der Waals surface area contributed by atoms with E-state index in [1.54, 1.807) is 13.2 Å². The first-order valence-corrected chi connectivity index (χ1v) is 15.1. The van der Waals surface area contributed by atoms with E-state index in [1.807, 2.05) is 78.9 Å². The monoisotopic (exact) mass is 662 g/mol. The second-order valence-corrected chi connectivity index (χ2v) is 11.3. The van der Waals surface area contributed by atoms with Crippen LogP contribution < -0.4 is 0 Å². The van der Waals surface area contributed by atoms with E-state index in [1.165, 1.54) is 0 Å². The summed E-state index contributed by atoms with van der Waals surface area (Å²) in [6.45, 7) is 1.52. The SMILES string of the molecule is CO[C@@H]1OC(COCc2c#cc(Cl)cc2)[C@@H](OCc2ccccc2)[C@@H](OCc2ccccc2)C1OCc1cc#ccc1Br. The van der Waals surface area contributed by atoms with E-state index in [-0.39, 0.29) is 13.2 Å². The highest BCUT2D eigenvalue weighted by Gasteiger charge is 2.48. The Morgan fingerprint density at radius 1 is 0.744 bits per heavy atom. The molecule has 0 spiro atoms. The van der Waals surface area contributed by atoms with E-state index in [0.717, 1.165) is 26.7 Å². The number of hydrogen-bond donors (Lipinski definition) is 0. The van der Waals surface area contributed by atoms with Crippen molar-refractivity contribution in [1.82, 2.24) is 0 Å². The summed E-state index contributed by atoms with van der Waals surface area (Å²) >= 11 is 9.55. The lowest BCUT2D eigenvalue weighted by Crippen LogP contribution is -2.61. The lowest BCUT2D eigenvalue weighted by atomic mass is 9.97. The molecule has 5 rings (SSSR count). The van der Waals surface area contributed by atoms with E-state index < -0.39 is 30.7 Å². The van der Waals surface area contributed by atoms with Crippen LogP contribution in [0.4, 0.5) is 0 Å². The van der Waals surface area contributed by atoms with E-state index in [0.29, 0.717) is 24.8 Å². The molecule has 222 valence electrons. The molecule has 2 unspecified atom stereocenters. The molecule has 6 nitrogen and oxygen atoms in total. The van der Waals surface area contributed by atoms with Crippen molar-refractivity contribution in [2.24, 2.45) is 0 Å². The van der Waals surface area contributed by atoms with Crippen molar-refractivity contribution >= 4 is 27.5 Å². The molecule has 1 heterocycles. The number of methoxy groups -OCH3 is 1. The second kappa shape index (κ2) is 16.2. The molecule has 0 bridgehead atoms. The topological polar surface area (TPSA) is 55.4 Å². The van der Waals surface area contributed by atoms with Crippen molar-refractivity contribution in [1.29, 1.82) is 0 Å². The normalized spacial score (nSPS) is 21.6. The van der Waals surface area contributed by atoms with Crippen LogP contribution in [0.1, 0.15) is 22.3 Å². The lowest BCUT2D eigenvalue weighted by Gasteiger charge is -2.45. The molecule has 0 saturated carbocycles. The van der Waals surface area contributed by atoms with Crippen LogP contribution in [0.5, 0.6) is 0 Å². The minimum atomic E-state index is -0.737. The van der Waals surface area contributed by atoms with Crippen LogP contribution in [0, 0.1) is 24.3 Å². The molecule has 1 saturated heterocycles. The van der Waals surface area contributed by atoms with Gasteiger partial charge in [-0.2, -0.15) is 0 Å². The molecule has 0 aliphatic carbocycles. The van der Waals surface area contributed by atoms with Crippen LogP contribution in [-0.4, -0.2) is 44.4 Å². The molecule has 0 aromatic heterocycles. The van der Waals surface area contributed by atoms with Gasteiger partial charge in [0.2, 0.25) is 0 Å². The van der Waals surface area contributed by atoms with Gasteiger partial charge in [-0.15, -0.1) is 0 Å². The third-order valence-electron chi connectivity index (χ3n) is 6.97. The van der Waals surface area contributed by atoms with Gasteiger partial charge in [-0.1, -0.05) is 90.5 Å². The molecular weight excluding hydrogens is 632 g/mol. The summed E-state index contributed by atoms with van der Waals surface area (Å²) in [6, 6.07) is 39.1. The minimum Gasteiger partial charge on any atom is -0.373 e. The first kappa shape index (κ1) is 31.5. The fourth-order valence-corrected chi connectivity index (χ4v) is 5.21. The molecule has 0 radical (unpaired) electrons. The van der Waals surface area contributed by atoms with Crippen molar-refractivity contribution in [3.05, 3.63) is 141 Å². The van der Waals surface area contributed by atoms with Crippen molar-refractivity contribution in [2.75, 3.05) is 13.7 Å². The molecule has 0 N–H and O–H groups in total. The molecular formula is C35H32BrClO6. The van der Waals surface area contributed by atoms with Gasteiger partial charge in [0.05, 0.1) is 38.1 Å². The maximum absolute atomic E-state index is 6.62. The van der Waals surface area contributed by atoms with Gasteiger partial charge in [0.25, 0.3) is 0 Å². The summed E-state index contributed by atoms with van der Waals surface area (Å²) in [5, 5.41) is 0.500. The highest BCUT2D eigenvalue weighted by Crippen LogP contribution is 2.31. The largest absolute Gasteiger partial charge is 0.373 e. The molecule has 43 heavy (non-hydrogen) atoms. The Labute approximate surface area is 266 Å². The fraction of sp³-hybridized carbons (Fsp3) is 0.314. The van der Waals surface area contributed by atoms with E-state index in [9.17, 15) is 0 Å². The first-order chi connectivity index (χ1) is 21.1. The van der Waals surface area contributed by atoms with Gasteiger partial charge in [0, 0.05) is 28.8 Å². The standard InChI is InChI=1S/C35H32BrClO6/c1-38-35-34(42-23-28-14-8-9-15-30(28)36)33(41-22-26-12-6-3-7-13-26)32(40-21-25-10-4-2-5-11-25)31(43-35)24-39-20-27-16-18-29(37)19-17-27/h2-7,10-16,18,31-35H,20-24H2,1H3/t31?,32-,33-,34?,35-/m1/s1. The van der Waals surface area contributed by atoms with Gasteiger partial charge in [-0.3, -0.25) is 0 Å². The predicted octanol–water partition coefficient (Wildman–Crippen LogP) is 6.95. The molecule has 4 aromatic carbocycles.